The number of halogens is 1. The summed E-state index contributed by atoms with van der Waals surface area (Å²) in [5.41, 5.74) is 2.57. The second-order valence-corrected chi connectivity index (χ2v) is 4.48. The number of aromatic nitrogens is 2. The Balaban J connectivity index is 1.81. The van der Waals surface area contributed by atoms with Crippen LogP contribution < -0.4 is 5.32 Å². The van der Waals surface area contributed by atoms with E-state index in [-0.39, 0.29) is 0 Å². The maximum Gasteiger partial charge on any atom is 0.315 e. The lowest BCUT2D eigenvalue weighted by molar-refractivity contribution is 0.512. The van der Waals surface area contributed by atoms with Crippen molar-refractivity contribution >= 4 is 17.6 Å². The molecule has 0 spiro atoms. The average molecular weight is 266 g/mol. The highest BCUT2D eigenvalue weighted by molar-refractivity contribution is 6.17. The third-order valence-corrected chi connectivity index (χ3v) is 2.74. The van der Waals surface area contributed by atoms with Crippen molar-refractivity contribution in [1.82, 2.24) is 10.2 Å². The van der Waals surface area contributed by atoms with Gasteiger partial charge in [-0.2, -0.15) is 0 Å². The first kappa shape index (κ1) is 12.9. The number of nitrogens with zero attached hydrogens (tertiary/aromatic N) is 2. The first-order valence-electron chi connectivity index (χ1n) is 5.95. The second kappa shape index (κ2) is 6.40. The SMILES string of the molecule is Cc1cccc(CCNc2nnc(CCCl)o2)c1. The molecule has 0 saturated heterocycles. The van der Waals surface area contributed by atoms with E-state index in [4.69, 9.17) is 16.0 Å². The van der Waals surface area contributed by atoms with Gasteiger partial charge in [0, 0.05) is 18.8 Å². The molecule has 0 amide bonds. The van der Waals surface area contributed by atoms with Crippen molar-refractivity contribution < 1.29 is 4.42 Å². The molecule has 0 radical (unpaired) electrons. The monoisotopic (exact) mass is 265 g/mol. The summed E-state index contributed by atoms with van der Waals surface area (Å²) in [4.78, 5) is 0. The number of benzene rings is 1. The van der Waals surface area contributed by atoms with Gasteiger partial charge in [0.15, 0.2) is 0 Å². The Hall–Kier alpha value is -1.55. The van der Waals surface area contributed by atoms with Crippen LogP contribution in [0.15, 0.2) is 28.7 Å². The molecule has 5 heteroatoms. The summed E-state index contributed by atoms with van der Waals surface area (Å²) in [6.45, 7) is 2.86. The van der Waals surface area contributed by atoms with Crippen LogP contribution in [-0.4, -0.2) is 22.6 Å². The molecule has 0 bridgehead atoms. The van der Waals surface area contributed by atoms with E-state index >= 15 is 0 Å². The summed E-state index contributed by atoms with van der Waals surface area (Å²) >= 11 is 5.60. The molecule has 1 heterocycles. The topological polar surface area (TPSA) is 51.0 Å². The lowest BCUT2D eigenvalue weighted by atomic mass is 10.1. The van der Waals surface area contributed by atoms with E-state index in [0.717, 1.165) is 13.0 Å². The minimum atomic E-state index is 0.461. The molecule has 1 aromatic carbocycles. The normalized spacial score (nSPS) is 10.6. The Morgan fingerprint density at radius 1 is 1.28 bits per heavy atom. The zero-order valence-electron chi connectivity index (χ0n) is 10.3. The van der Waals surface area contributed by atoms with Crippen LogP contribution in [0, 0.1) is 6.92 Å². The number of hydrogen-bond acceptors (Lipinski definition) is 4. The molecule has 18 heavy (non-hydrogen) atoms. The number of aryl methyl sites for hydroxylation is 2. The van der Waals surface area contributed by atoms with E-state index in [2.05, 4.69) is 46.7 Å². The molecule has 2 aromatic rings. The van der Waals surface area contributed by atoms with Gasteiger partial charge in [-0.3, -0.25) is 0 Å². The third-order valence-electron chi connectivity index (χ3n) is 2.55. The van der Waals surface area contributed by atoms with Gasteiger partial charge >= 0.3 is 6.01 Å². The molecule has 4 nitrogen and oxygen atoms in total. The quantitative estimate of drug-likeness (QED) is 0.816. The first-order valence-corrected chi connectivity index (χ1v) is 6.49. The van der Waals surface area contributed by atoms with Gasteiger partial charge in [0.2, 0.25) is 5.89 Å². The van der Waals surface area contributed by atoms with E-state index in [9.17, 15) is 0 Å². The van der Waals surface area contributed by atoms with Crippen molar-refractivity contribution in [2.24, 2.45) is 0 Å². The van der Waals surface area contributed by atoms with Gasteiger partial charge in [0.05, 0.1) is 0 Å². The zero-order valence-corrected chi connectivity index (χ0v) is 11.1. The maximum absolute atomic E-state index is 5.60. The first-order chi connectivity index (χ1) is 8.78. The summed E-state index contributed by atoms with van der Waals surface area (Å²) in [7, 11) is 0. The fourth-order valence-corrected chi connectivity index (χ4v) is 1.85. The smallest absolute Gasteiger partial charge is 0.315 e. The summed E-state index contributed by atoms with van der Waals surface area (Å²) < 4.78 is 5.37. The van der Waals surface area contributed by atoms with Crippen LogP contribution in [0.2, 0.25) is 0 Å². The van der Waals surface area contributed by atoms with Crippen LogP contribution in [0.1, 0.15) is 17.0 Å². The van der Waals surface area contributed by atoms with E-state index in [1.165, 1.54) is 11.1 Å². The minimum absolute atomic E-state index is 0.461. The fraction of sp³-hybridized carbons (Fsp3) is 0.385. The minimum Gasteiger partial charge on any atom is -0.408 e. The van der Waals surface area contributed by atoms with Gasteiger partial charge in [-0.1, -0.05) is 34.9 Å². The van der Waals surface area contributed by atoms with Crippen molar-refractivity contribution in [3.05, 3.63) is 41.3 Å². The van der Waals surface area contributed by atoms with E-state index in [1.54, 1.807) is 0 Å². The van der Waals surface area contributed by atoms with Crippen molar-refractivity contribution in [3.63, 3.8) is 0 Å². The van der Waals surface area contributed by atoms with Crippen LogP contribution in [0.3, 0.4) is 0 Å². The highest BCUT2D eigenvalue weighted by Crippen LogP contribution is 2.08. The van der Waals surface area contributed by atoms with Crippen molar-refractivity contribution in [1.29, 1.82) is 0 Å². The molecule has 1 aromatic heterocycles. The number of alkyl halides is 1. The molecular formula is C13H16ClN3O. The van der Waals surface area contributed by atoms with Gasteiger partial charge in [0.1, 0.15) is 0 Å². The number of hydrogen-bond donors (Lipinski definition) is 1. The molecule has 0 fully saturated rings. The number of rotatable bonds is 6. The Kier molecular flexibility index (Phi) is 4.59. The maximum atomic E-state index is 5.60. The summed E-state index contributed by atoms with van der Waals surface area (Å²) in [5, 5.41) is 10.9. The van der Waals surface area contributed by atoms with Crippen molar-refractivity contribution in [2.45, 2.75) is 19.8 Å². The summed E-state index contributed by atoms with van der Waals surface area (Å²) in [5.74, 6) is 1.06. The molecule has 0 saturated carbocycles. The van der Waals surface area contributed by atoms with Crippen LogP contribution in [0.5, 0.6) is 0 Å². The van der Waals surface area contributed by atoms with E-state index in [0.29, 0.717) is 24.2 Å². The molecule has 0 aliphatic heterocycles. The Bertz CT molecular complexity index is 498. The molecule has 0 unspecified atom stereocenters. The zero-order chi connectivity index (χ0) is 12.8. The second-order valence-electron chi connectivity index (χ2n) is 4.11. The third kappa shape index (κ3) is 3.74. The van der Waals surface area contributed by atoms with Crippen molar-refractivity contribution in [2.75, 3.05) is 17.7 Å². The summed E-state index contributed by atoms with van der Waals surface area (Å²) in [6, 6.07) is 8.90. The molecule has 1 N–H and O–H groups in total. The molecule has 0 aliphatic rings. The largest absolute Gasteiger partial charge is 0.408 e. The highest BCUT2D eigenvalue weighted by atomic mass is 35.5. The lowest BCUT2D eigenvalue weighted by Gasteiger charge is -2.02. The molecule has 0 atom stereocenters. The molecule has 0 aliphatic carbocycles. The van der Waals surface area contributed by atoms with Crippen LogP contribution in [-0.2, 0) is 12.8 Å². The molecule has 96 valence electrons. The van der Waals surface area contributed by atoms with Gasteiger partial charge < -0.3 is 9.73 Å². The van der Waals surface area contributed by atoms with Crippen molar-refractivity contribution in [3.8, 4) is 0 Å². The van der Waals surface area contributed by atoms with Crippen LogP contribution in [0.4, 0.5) is 6.01 Å². The molecular weight excluding hydrogens is 250 g/mol. The predicted molar refractivity (Wildman–Crippen MR) is 72.1 cm³/mol. The average Bonchev–Trinajstić information content (AvgIpc) is 2.78. The van der Waals surface area contributed by atoms with Gasteiger partial charge in [-0.15, -0.1) is 16.7 Å². The van der Waals surface area contributed by atoms with Gasteiger partial charge in [-0.05, 0) is 18.9 Å². The highest BCUT2D eigenvalue weighted by Gasteiger charge is 2.04. The number of nitrogens with one attached hydrogen (secondary N) is 1. The van der Waals surface area contributed by atoms with Crippen LogP contribution >= 0.6 is 11.6 Å². The van der Waals surface area contributed by atoms with Gasteiger partial charge in [0.25, 0.3) is 0 Å². The molecule has 2 rings (SSSR count). The standard InChI is InChI=1S/C13H16ClN3O/c1-10-3-2-4-11(9-10)6-8-15-13-17-16-12(18-13)5-7-14/h2-4,9H,5-8H2,1H3,(H,15,17). The summed E-state index contributed by atoms with van der Waals surface area (Å²) in [6.07, 6.45) is 1.53. The lowest BCUT2D eigenvalue weighted by Crippen LogP contribution is -2.05. The predicted octanol–water partition coefficient (Wildman–Crippen LogP) is 2.81. The number of anilines is 1. The Labute approximate surface area is 111 Å². The van der Waals surface area contributed by atoms with E-state index < -0.39 is 0 Å². The van der Waals surface area contributed by atoms with Gasteiger partial charge in [-0.25, -0.2) is 0 Å². The van der Waals surface area contributed by atoms with Crippen LogP contribution in [0.25, 0.3) is 0 Å². The Morgan fingerprint density at radius 2 is 2.17 bits per heavy atom. The fourth-order valence-electron chi connectivity index (χ4n) is 1.69. The van der Waals surface area contributed by atoms with E-state index in [1.807, 2.05) is 0 Å². The Morgan fingerprint density at radius 3 is 2.94 bits per heavy atom.